The van der Waals surface area contributed by atoms with Crippen molar-refractivity contribution in [2.75, 3.05) is 0 Å². The predicted molar refractivity (Wildman–Crippen MR) is 63.7 cm³/mol. The van der Waals surface area contributed by atoms with Crippen molar-refractivity contribution in [1.82, 2.24) is 14.6 Å². The first kappa shape index (κ1) is 9.82. The summed E-state index contributed by atoms with van der Waals surface area (Å²) in [6, 6.07) is 4.30. The Bertz CT molecular complexity index is 530. The topological polar surface area (TPSA) is 30.2 Å². The van der Waals surface area contributed by atoms with Gasteiger partial charge in [0.25, 0.3) is 0 Å². The maximum absolute atomic E-state index is 4.67. The Labute approximate surface area is 95.5 Å². The van der Waals surface area contributed by atoms with E-state index in [0.717, 1.165) is 17.3 Å². The summed E-state index contributed by atoms with van der Waals surface area (Å²) >= 11 is 0. The summed E-state index contributed by atoms with van der Waals surface area (Å²) in [6.45, 7) is 6.44. The summed E-state index contributed by atoms with van der Waals surface area (Å²) in [5, 5.41) is 4.67. The molecule has 0 spiro atoms. The number of hydrogen-bond acceptors (Lipinski definition) is 2. The lowest BCUT2D eigenvalue weighted by atomic mass is 9.96. The lowest BCUT2D eigenvalue weighted by Crippen LogP contribution is -2.18. The van der Waals surface area contributed by atoms with E-state index in [1.807, 2.05) is 6.20 Å². The lowest BCUT2D eigenvalue weighted by molar-refractivity contribution is 0.527. The maximum atomic E-state index is 4.67. The van der Waals surface area contributed by atoms with Gasteiger partial charge in [0.2, 0.25) is 0 Å². The van der Waals surface area contributed by atoms with Gasteiger partial charge >= 0.3 is 0 Å². The molecule has 84 valence electrons. The smallest absolute Gasteiger partial charge is 0.154 e. The molecule has 1 fully saturated rings. The Morgan fingerprint density at radius 3 is 2.62 bits per heavy atom. The van der Waals surface area contributed by atoms with Gasteiger partial charge in [0.15, 0.2) is 5.82 Å². The molecule has 2 aromatic heterocycles. The van der Waals surface area contributed by atoms with Crippen LogP contribution in [0.4, 0.5) is 0 Å². The Kier molecular flexibility index (Phi) is 1.88. The van der Waals surface area contributed by atoms with Gasteiger partial charge in [-0.1, -0.05) is 20.8 Å². The molecule has 0 bridgehead atoms. The second-order valence-electron chi connectivity index (χ2n) is 5.70. The first-order chi connectivity index (χ1) is 7.55. The van der Waals surface area contributed by atoms with Crippen molar-refractivity contribution in [3.63, 3.8) is 0 Å². The van der Waals surface area contributed by atoms with E-state index in [1.165, 1.54) is 18.5 Å². The van der Waals surface area contributed by atoms with Crippen molar-refractivity contribution >= 4 is 5.52 Å². The highest BCUT2D eigenvalue weighted by molar-refractivity contribution is 5.47. The molecule has 1 aliphatic carbocycles. The minimum absolute atomic E-state index is 0.0132. The molecule has 0 aromatic carbocycles. The lowest BCUT2D eigenvalue weighted by Gasteiger charge is -2.16. The molecule has 0 unspecified atom stereocenters. The summed E-state index contributed by atoms with van der Waals surface area (Å²) in [7, 11) is 0. The predicted octanol–water partition coefficient (Wildman–Crippen LogP) is 2.90. The quantitative estimate of drug-likeness (QED) is 0.732. The van der Waals surface area contributed by atoms with E-state index in [0.29, 0.717) is 0 Å². The minimum atomic E-state index is 0.0132. The third-order valence-corrected chi connectivity index (χ3v) is 3.09. The fourth-order valence-corrected chi connectivity index (χ4v) is 1.95. The van der Waals surface area contributed by atoms with Crippen LogP contribution in [0, 0.1) is 0 Å². The molecule has 0 atom stereocenters. The fraction of sp³-hybridized carbons (Fsp3) is 0.538. The number of rotatable bonds is 1. The zero-order valence-corrected chi connectivity index (χ0v) is 10.1. The average Bonchev–Trinajstić information content (AvgIpc) is 2.96. The number of aromatic nitrogens is 3. The molecule has 2 aromatic rings. The molecule has 16 heavy (non-hydrogen) atoms. The molecule has 3 nitrogen and oxygen atoms in total. The van der Waals surface area contributed by atoms with Gasteiger partial charge in [-0.3, -0.25) is 0 Å². The van der Waals surface area contributed by atoms with Gasteiger partial charge in [-0.15, -0.1) is 0 Å². The van der Waals surface area contributed by atoms with E-state index in [9.17, 15) is 0 Å². The molecular weight excluding hydrogens is 198 g/mol. The van der Waals surface area contributed by atoms with Crippen molar-refractivity contribution < 1.29 is 0 Å². The largest absolute Gasteiger partial charge is 0.237 e. The highest BCUT2D eigenvalue weighted by atomic mass is 15.3. The second-order valence-corrected chi connectivity index (χ2v) is 5.70. The maximum Gasteiger partial charge on any atom is 0.154 e. The van der Waals surface area contributed by atoms with Gasteiger partial charge in [-0.25, -0.2) is 9.50 Å². The second kappa shape index (κ2) is 3.06. The molecule has 1 saturated carbocycles. The number of hydrogen-bond donors (Lipinski definition) is 0. The van der Waals surface area contributed by atoms with Crippen LogP contribution in [-0.4, -0.2) is 14.6 Å². The summed E-state index contributed by atoms with van der Waals surface area (Å²) in [6.07, 6.45) is 4.54. The average molecular weight is 215 g/mol. The van der Waals surface area contributed by atoms with E-state index < -0.39 is 0 Å². The normalized spacial score (nSPS) is 16.9. The molecule has 0 aliphatic heterocycles. The Morgan fingerprint density at radius 1 is 1.25 bits per heavy atom. The number of nitrogens with zero attached hydrogens (tertiary/aromatic N) is 3. The molecule has 3 heteroatoms. The van der Waals surface area contributed by atoms with Gasteiger partial charge in [0, 0.05) is 17.0 Å². The molecular formula is C13H17N3. The fourth-order valence-electron chi connectivity index (χ4n) is 1.95. The zero-order chi connectivity index (χ0) is 11.3. The first-order valence-corrected chi connectivity index (χ1v) is 5.91. The van der Waals surface area contributed by atoms with Gasteiger partial charge in [-0.05, 0) is 25.0 Å². The van der Waals surface area contributed by atoms with Crippen LogP contribution in [0.1, 0.15) is 51.0 Å². The summed E-state index contributed by atoms with van der Waals surface area (Å²) in [5.74, 6) is 1.64. The standard InChI is InChI=1S/C13H17N3/c1-13(2,3)12-14-8-10-6-7-11(9-4-5-9)16(10)15-12/h6-9H,4-5H2,1-3H3. The molecule has 1 aliphatic rings. The summed E-state index contributed by atoms with van der Waals surface area (Å²) < 4.78 is 2.07. The summed E-state index contributed by atoms with van der Waals surface area (Å²) in [5.41, 5.74) is 2.47. The van der Waals surface area contributed by atoms with E-state index in [1.54, 1.807) is 0 Å². The van der Waals surface area contributed by atoms with Crippen LogP contribution < -0.4 is 0 Å². The minimum Gasteiger partial charge on any atom is -0.237 e. The van der Waals surface area contributed by atoms with Gasteiger partial charge in [0.05, 0.1) is 11.7 Å². The highest BCUT2D eigenvalue weighted by Gasteiger charge is 2.27. The van der Waals surface area contributed by atoms with Crippen molar-refractivity contribution in [2.24, 2.45) is 0 Å². The van der Waals surface area contributed by atoms with Gasteiger partial charge in [-0.2, -0.15) is 5.10 Å². The van der Waals surface area contributed by atoms with Crippen LogP contribution in [0.25, 0.3) is 5.52 Å². The van der Waals surface area contributed by atoms with Crippen LogP contribution in [0.2, 0.25) is 0 Å². The third-order valence-electron chi connectivity index (χ3n) is 3.09. The van der Waals surface area contributed by atoms with Crippen molar-refractivity contribution in [3.8, 4) is 0 Å². The SMILES string of the molecule is CC(C)(C)c1ncc2ccc(C3CC3)n2n1. The van der Waals surface area contributed by atoms with Gasteiger partial charge in [0.1, 0.15) is 0 Å². The molecule has 0 N–H and O–H groups in total. The van der Waals surface area contributed by atoms with Crippen molar-refractivity contribution in [2.45, 2.75) is 44.9 Å². The van der Waals surface area contributed by atoms with Crippen LogP contribution >= 0.6 is 0 Å². The molecule has 3 rings (SSSR count). The molecule has 0 radical (unpaired) electrons. The Morgan fingerprint density at radius 2 is 2.00 bits per heavy atom. The van der Waals surface area contributed by atoms with E-state index in [2.05, 4.69) is 47.5 Å². The molecule has 0 amide bonds. The van der Waals surface area contributed by atoms with Crippen molar-refractivity contribution in [3.05, 3.63) is 29.8 Å². The Hall–Kier alpha value is -1.38. The highest BCUT2D eigenvalue weighted by Crippen LogP contribution is 2.40. The van der Waals surface area contributed by atoms with Crippen LogP contribution in [0.5, 0.6) is 0 Å². The van der Waals surface area contributed by atoms with Crippen LogP contribution in [-0.2, 0) is 5.41 Å². The molecule has 0 saturated heterocycles. The zero-order valence-electron chi connectivity index (χ0n) is 10.1. The number of fused-ring (bicyclic) bond motifs is 1. The van der Waals surface area contributed by atoms with Crippen LogP contribution in [0.15, 0.2) is 18.3 Å². The first-order valence-electron chi connectivity index (χ1n) is 5.91. The van der Waals surface area contributed by atoms with Gasteiger partial charge < -0.3 is 0 Å². The van der Waals surface area contributed by atoms with E-state index in [-0.39, 0.29) is 5.41 Å². The third kappa shape index (κ3) is 1.51. The Balaban J connectivity index is 2.17. The van der Waals surface area contributed by atoms with E-state index in [4.69, 9.17) is 0 Å². The van der Waals surface area contributed by atoms with Crippen LogP contribution in [0.3, 0.4) is 0 Å². The summed E-state index contributed by atoms with van der Waals surface area (Å²) in [4.78, 5) is 4.44. The van der Waals surface area contributed by atoms with E-state index >= 15 is 0 Å². The monoisotopic (exact) mass is 215 g/mol. The molecule has 2 heterocycles. The van der Waals surface area contributed by atoms with Crippen molar-refractivity contribution in [1.29, 1.82) is 0 Å².